The number of ether oxygens (including phenoxy) is 1. The Morgan fingerprint density at radius 1 is 1.03 bits per heavy atom. The number of nitrogens with zero attached hydrogens (tertiary/aromatic N) is 3. The zero-order valence-corrected chi connectivity index (χ0v) is 17.2. The standard InChI is InChI=1S/C24H24N4O2/c1-17(27(2)24(29)26-21-9-5-7-11-23(21)30-3)18-12-14-19(15-13-18)28-16-25-20-8-4-6-10-22(20)28/h4-17H,1-3H3,(H,26,29). The van der Waals surface area contributed by atoms with Crippen molar-refractivity contribution in [2.75, 3.05) is 19.5 Å². The van der Waals surface area contributed by atoms with Gasteiger partial charge in [0.05, 0.1) is 29.9 Å². The molecule has 2 amide bonds. The van der Waals surface area contributed by atoms with Crippen LogP contribution in [0.15, 0.2) is 79.1 Å². The lowest BCUT2D eigenvalue weighted by molar-refractivity contribution is 0.208. The molecule has 1 atom stereocenters. The minimum Gasteiger partial charge on any atom is -0.495 e. The van der Waals surface area contributed by atoms with Crippen molar-refractivity contribution in [3.05, 3.63) is 84.7 Å². The van der Waals surface area contributed by atoms with Crippen LogP contribution in [0.4, 0.5) is 10.5 Å². The van der Waals surface area contributed by atoms with E-state index in [0.29, 0.717) is 11.4 Å². The zero-order valence-electron chi connectivity index (χ0n) is 17.2. The molecule has 0 fully saturated rings. The number of amides is 2. The van der Waals surface area contributed by atoms with E-state index in [0.717, 1.165) is 22.3 Å². The number of benzene rings is 3. The van der Waals surface area contributed by atoms with Gasteiger partial charge in [0.15, 0.2) is 0 Å². The van der Waals surface area contributed by atoms with Crippen molar-refractivity contribution in [2.45, 2.75) is 13.0 Å². The Bertz CT molecular complexity index is 1170. The van der Waals surface area contributed by atoms with E-state index in [4.69, 9.17) is 4.74 Å². The van der Waals surface area contributed by atoms with Gasteiger partial charge in [0.1, 0.15) is 12.1 Å². The maximum Gasteiger partial charge on any atom is 0.322 e. The predicted octanol–water partition coefficient (Wildman–Crippen LogP) is 5.26. The maximum absolute atomic E-state index is 12.7. The van der Waals surface area contributed by atoms with Crippen molar-refractivity contribution in [1.82, 2.24) is 14.5 Å². The third-order valence-electron chi connectivity index (χ3n) is 5.36. The molecule has 0 aliphatic heterocycles. The van der Waals surface area contributed by atoms with E-state index in [9.17, 15) is 4.79 Å². The Balaban J connectivity index is 1.50. The van der Waals surface area contributed by atoms with Gasteiger partial charge in [-0.15, -0.1) is 0 Å². The Morgan fingerprint density at radius 2 is 1.73 bits per heavy atom. The van der Waals surface area contributed by atoms with Crippen LogP contribution in [0.3, 0.4) is 0 Å². The van der Waals surface area contributed by atoms with Crippen LogP contribution in [0.25, 0.3) is 16.7 Å². The molecule has 30 heavy (non-hydrogen) atoms. The summed E-state index contributed by atoms with van der Waals surface area (Å²) >= 11 is 0. The average molecular weight is 400 g/mol. The van der Waals surface area contributed by atoms with Crippen LogP contribution in [0, 0.1) is 0 Å². The highest BCUT2D eigenvalue weighted by molar-refractivity contribution is 5.91. The quantitative estimate of drug-likeness (QED) is 0.497. The Morgan fingerprint density at radius 3 is 2.50 bits per heavy atom. The Hall–Kier alpha value is -3.80. The number of carbonyl (C=O) groups is 1. The van der Waals surface area contributed by atoms with E-state index in [2.05, 4.69) is 20.9 Å². The highest BCUT2D eigenvalue weighted by Gasteiger charge is 2.19. The lowest BCUT2D eigenvalue weighted by Crippen LogP contribution is -2.33. The van der Waals surface area contributed by atoms with Crippen LogP contribution in [0.5, 0.6) is 5.75 Å². The van der Waals surface area contributed by atoms with Crippen LogP contribution in [0.2, 0.25) is 0 Å². The molecule has 0 radical (unpaired) electrons. The van der Waals surface area contributed by atoms with Gasteiger partial charge in [-0.1, -0.05) is 36.4 Å². The summed E-state index contributed by atoms with van der Waals surface area (Å²) in [6, 6.07) is 23.3. The molecule has 0 spiro atoms. The molecule has 3 aromatic carbocycles. The third-order valence-corrected chi connectivity index (χ3v) is 5.36. The summed E-state index contributed by atoms with van der Waals surface area (Å²) in [5.74, 6) is 0.629. The van der Waals surface area contributed by atoms with Gasteiger partial charge in [-0.3, -0.25) is 4.57 Å². The fourth-order valence-electron chi connectivity index (χ4n) is 3.43. The van der Waals surface area contributed by atoms with Crippen molar-refractivity contribution >= 4 is 22.8 Å². The largest absolute Gasteiger partial charge is 0.495 e. The Labute approximate surface area is 175 Å². The fraction of sp³-hybridized carbons (Fsp3) is 0.167. The van der Waals surface area contributed by atoms with Gasteiger partial charge in [0, 0.05) is 12.7 Å². The molecule has 0 saturated carbocycles. The fourth-order valence-corrected chi connectivity index (χ4v) is 3.43. The first-order valence-electron chi connectivity index (χ1n) is 9.77. The Kier molecular flexibility index (Phi) is 5.39. The molecule has 1 aromatic heterocycles. The van der Waals surface area contributed by atoms with Gasteiger partial charge in [0.2, 0.25) is 0 Å². The summed E-state index contributed by atoms with van der Waals surface area (Å²) in [4.78, 5) is 18.9. The van der Waals surface area contributed by atoms with Gasteiger partial charge >= 0.3 is 6.03 Å². The van der Waals surface area contributed by atoms with Gasteiger partial charge in [-0.05, 0) is 48.9 Å². The summed E-state index contributed by atoms with van der Waals surface area (Å²) in [7, 11) is 3.37. The van der Waals surface area contributed by atoms with E-state index < -0.39 is 0 Å². The topological polar surface area (TPSA) is 59.4 Å². The normalized spacial score (nSPS) is 11.8. The summed E-state index contributed by atoms with van der Waals surface area (Å²) in [6.07, 6.45) is 1.83. The second-order valence-corrected chi connectivity index (χ2v) is 7.11. The summed E-state index contributed by atoms with van der Waals surface area (Å²) in [6.45, 7) is 2.00. The number of aromatic nitrogens is 2. The van der Waals surface area contributed by atoms with Crippen molar-refractivity contribution in [1.29, 1.82) is 0 Å². The maximum atomic E-state index is 12.7. The number of para-hydroxylation sites is 4. The molecule has 4 rings (SSSR count). The van der Waals surface area contributed by atoms with E-state index in [-0.39, 0.29) is 12.1 Å². The highest BCUT2D eigenvalue weighted by atomic mass is 16.5. The minimum atomic E-state index is -0.198. The van der Waals surface area contributed by atoms with Crippen molar-refractivity contribution < 1.29 is 9.53 Å². The number of rotatable bonds is 5. The van der Waals surface area contributed by atoms with Crippen LogP contribution in [-0.2, 0) is 0 Å². The van der Waals surface area contributed by atoms with Crippen molar-refractivity contribution in [2.24, 2.45) is 0 Å². The van der Waals surface area contributed by atoms with Gasteiger partial charge < -0.3 is 15.0 Å². The van der Waals surface area contributed by atoms with E-state index >= 15 is 0 Å². The molecule has 0 saturated heterocycles. The number of hydrogen-bond acceptors (Lipinski definition) is 3. The highest BCUT2D eigenvalue weighted by Crippen LogP contribution is 2.26. The smallest absolute Gasteiger partial charge is 0.322 e. The molecule has 6 nitrogen and oxygen atoms in total. The number of imidazole rings is 1. The molecule has 1 N–H and O–H groups in total. The van der Waals surface area contributed by atoms with Gasteiger partial charge in [0.25, 0.3) is 0 Å². The van der Waals surface area contributed by atoms with Crippen LogP contribution >= 0.6 is 0 Å². The molecule has 1 unspecified atom stereocenters. The number of fused-ring (bicyclic) bond motifs is 1. The van der Waals surface area contributed by atoms with Crippen LogP contribution in [0.1, 0.15) is 18.5 Å². The zero-order chi connectivity index (χ0) is 21.1. The molecule has 4 aromatic rings. The van der Waals surface area contributed by atoms with Crippen molar-refractivity contribution in [3.8, 4) is 11.4 Å². The van der Waals surface area contributed by atoms with Gasteiger partial charge in [-0.25, -0.2) is 9.78 Å². The van der Waals surface area contributed by atoms with E-state index in [1.54, 1.807) is 19.1 Å². The monoisotopic (exact) mass is 400 g/mol. The molecule has 6 heteroatoms. The third kappa shape index (κ3) is 3.72. The predicted molar refractivity (Wildman–Crippen MR) is 119 cm³/mol. The molecule has 0 aliphatic carbocycles. The van der Waals surface area contributed by atoms with Gasteiger partial charge in [-0.2, -0.15) is 0 Å². The summed E-state index contributed by atoms with van der Waals surface area (Å²) < 4.78 is 7.37. The minimum absolute atomic E-state index is 0.103. The second-order valence-electron chi connectivity index (χ2n) is 7.11. The summed E-state index contributed by atoms with van der Waals surface area (Å²) in [5, 5.41) is 2.92. The lowest BCUT2D eigenvalue weighted by atomic mass is 10.1. The second kappa shape index (κ2) is 8.29. The average Bonchev–Trinajstić information content (AvgIpc) is 3.22. The first-order valence-corrected chi connectivity index (χ1v) is 9.77. The van der Waals surface area contributed by atoms with Crippen LogP contribution < -0.4 is 10.1 Å². The molecular weight excluding hydrogens is 376 g/mol. The molecule has 0 aliphatic rings. The number of urea groups is 1. The molecule has 152 valence electrons. The number of anilines is 1. The number of carbonyl (C=O) groups excluding carboxylic acids is 1. The SMILES string of the molecule is COc1ccccc1NC(=O)N(C)C(C)c1ccc(-n2cnc3ccccc32)cc1. The lowest BCUT2D eigenvalue weighted by Gasteiger charge is -2.26. The van der Waals surface area contributed by atoms with Crippen LogP contribution in [-0.4, -0.2) is 34.6 Å². The summed E-state index contributed by atoms with van der Waals surface area (Å²) in [5.41, 5.74) is 4.74. The molecular formula is C24H24N4O2. The van der Waals surface area contributed by atoms with E-state index in [1.807, 2.05) is 80.0 Å². The first kappa shape index (κ1) is 19.5. The number of hydrogen-bond donors (Lipinski definition) is 1. The number of nitrogens with one attached hydrogen (secondary N) is 1. The molecule has 1 heterocycles. The molecule has 0 bridgehead atoms. The van der Waals surface area contributed by atoms with Crippen molar-refractivity contribution in [3.63, 3.8) is 0 Å². The number of methoxy groups -OCH3 is 1. The van der Waals surface area contributed by atoms with E-state index in [1.165, 1.54) is 0 Å². The first-order chi connectivity index (χ1) is 14.6.